The van der Waals surface area contributed by atoms with Gasteiger partial charge in [-0.1, -0.05) is 6.07 Å². The van der Waals surface area contributed by atoms with Crippen molar-refractivity contribution in [3.05, 3.63) is 59.2 Å². The minimum atomic E-state index is -3.83. The summed E-state index contributed by atoms with van der Waals surface area (Å²) in [6.45, 7) is 1.33. The van der Waals surface area contributed by atoms with E-state index < -0.39 is 21.7 Å². The van der Waals surface area contributed by atoms with E-state index in [-0.39, 0.29) is 10.6 Å². The summed E-state index contributed by atoms with van der Waals surface area (Å²) in [5.41, 5.74) is 1.96. The first-order valence-electron chi connectivity index (χ1n) is 6.26. The standard InChI is InChI=1S/C14H12F2N2O2S/c15-13-4-2-11(6-14(13)16)18-21(19,20)12-3-1-9-7-17-8-10(9)5-12/h1-6,17-18H,7-8H2. The van der Waals surface area contributed by atoms with Crippen LogP contribution in [0.2, 0.25) is 0 Å². The van der Waals surface area contributed by atoms with Gasteiger partial charge in [0.2, 0.25) is 0 Å². The average molecular weight is 310 g/mol. The van der Waals surface area contributed by atoms with Gasteiger partial charge < -0.3 is 5.32 Å². The average Bonchev–Trinajstić information content (AvgIpc) is 2.90. The van der Waals surface area contributed by atoms with Crippen molar-refractivity contribution in [1.29, 1.82) is 0 Å². The van der Waals surface area contributed by atoms with Crippen LogP contribution in [0.4, 0.5) is 14.5 Å². The van der Waals surface area contributed by atoms with Gasteiger partial charge in [0.15, 0.2) is 11.6 Å². The van der Waals surface area contributed by atoms with Gasteiger partial charge in [0.1, 0.15) is 0 Å². The molecule has 0 unspecified atom stereocenters. The quantitative estimate of drug-likeness (QED) is 0.915. The smallest absolute Gasteiger partial charge is 0.261 e. The van der Waals surface area contributed by atoms with E-state index in [4.69, 9.17) is 0 Å². The van der Waals surface area contributed by atoms with Gasteiger partial charge in [-0.3, -0.25) is 4.72 Å². The van der Waals surface area contributed by atoms with Crippen LogP contribution >= 0.6 is 0 Å². The Bertz CT molecular complexity index is 807. The highest BCUT2D eigenvalue weighted by Crippen LogP contribution is 2.22. The molecule has 0 amide bonds. The number of sulfonamides is 1. The molecule has 0 spiro atoms. The first kappa shape index (κ1) is 14.0. The Morgan fingerprint density at radius 1 is 0.952 bits per heavy atom. The summed E-state index contributed by atoms with van der Waals surface area (Å²) in [5.74, 6) is -2.13. The molecule has 21 heavy (non-hydrogen) atoms. The summed E-state index contributed by atoms with van der Waals surface area (Å²) >= 11 is 0. The number of hydrogen-bond acceptors (Lipinski definition) is 3. The molecule has 0 bridgehead atoms. The van der Waals surface area contributed by atoms with Crippen molar-refractivity contribution in [2.75, 3.05) is 4.72 Å². The SMILES string of the molecule is O=S(=O)(Nc1ccc(F)c(F)c1)c1ccc2c(c1)CNC2. The monoisotopic (exact) mass is 310 g/mol. The van der Waals surface area contributed by atoms with Crippen LogP contribution in [-0.2, 0) is 23.1 Å². The van der Waals surface area contributed by atoms with Gasteiger partial charge in [0.25, 0.3) is 10.0 Å². The van der Waals surface area contributed by atoms with Crippen LogP contribution < -0.4 is 10.0 Å². The highest BCUT2D eigenvalue weighted by Gasteiger charge is 2.18. The molecule has 1 aliphatic heterocycles. The zero-order valence-electron chi connectivity index (χ0n) is 10.9. The molecule has 1 aliphatic rings. The van der Waals surface area contributed by atoms with Crippen molar-refractivity contribution >= 4 is 15.7 Å². The zero-order valence-corrected chi connectivity index (χ0v) is 11.7. The maximum atomic E-state index is 13.1. The normalized spacial score (nSPS) is 14.0. The fourth-order valence-electron chi connectivity index (χ4n) is 2.21. The van der Waals surface area contributed by atoms with Gasteiger partial charge >= 0.3 is 0 Å². The van der Waals surface area contributed by atoms with Gasteiger partial charge in [-0.05, 0) is 35.4 Å². The lowest BCUT2D eigenvalue weighted by Gasteiger charge is -2.09. The summed E-state index contributed by atoms with van der Waals surface area (Å²) in [4.78, 5) is 0.0923. The molecule has 0 aromatic heterocycles. The Balaban J connectivity index is 1.91. The van der Waals surface area contributed by atoms with E-state index >= 15 is 0 Å². The molecule has 0 fully saturated rings. The van der Waals surface area contributed by atoms with E-state index in [1.807, 2.05) is 0 Å². The molecular weight excluding hydrogens is 298 g/mol. The number of rotatable bonds is 3. The Hall–Kier alpha value is -1.99. The van der Waals surface area contributed by atoms with E-state index in [0.717, 1.165) is 23.3 Å². The van der Waals surface area contributed by atoms with Crippen LogP contribution in [0.3, 0.4) is 0 Å². The lowest BCUT2D eigenvalue weighted by molar-refractivity contribution is 0.509. The third-order valence-corrected chi connectivity index (χ3v) is 4.67. The maximum absolute atomic E-state index is 13.1. The van der Waals surface area contributed by atoms with Gasteiger partial charge in [-0.25, -0.2) is 17.2 Å². The second-order valence-electron chi connectivity index (χ2n) is 4.77. The molecule has 0 saturated heterocycles. The predicted octanol–water partition coefficient (Wildman–Crippen LogP) is 2.37. The van der Waals surface area contributed by atoms with Crippen molar-refractivity contribution in [3.63, 3.8) is 0 Å². The molecule has 0 radical (unpaired) electrons. The topological polar surface area (TPSA) is 58.2 Å². The first-order chi connectivity index (χ1) is 9.95. The van der Waals surface area contributed by atoms with Crippen LogP contribution in [-0.4, -0.2) is 8.42 Å². The highest BCUT2D eigenvalue weighted by molar-refractivity contribution is 7.92. The van der Waals surface area contributed by atoms with Crippen LogP contribution in [0.25, 0.3) is 0 Å². The Morgan fingerprint density at radius 3 is 2.48 bits per heavy atom. The Kier molecular flexibility index (Phi) is 3.38. The number of nitrogens with one attached hydrogen (secondary N) is 2. The van der Waals surface area contributed by atoms with Gasteiger partial charge in [-0.15, -0.1) is 0 Å². The molecule has 1 heterocycles. The number of benzene rings is 2. The molecule has 7 heteroatoms. The summed E-state index contributed by atoms with van der Waals surface area (Å²) < 4.78 is 52.7. The lowest BCUT2D eigenvalue weighted by atomic mass is 10.1. The van der Waals surface area contributed by atoms with Crippen molar-refractivity contribution in [2.45, 2.75) is 18.0 Å². The first-order valence-corrected chi connectivity index (χ1v) is 7.74. The van der Waals surface area contributed by atoms with Gasteiger partial charge in [-0.2, -0.15) is 0 Å². The zero-order chi connectivity index (χ0) is 15.0. The summed E-state index contributed by atoms with van der Waals surface area (Å²) in [6.07, 6.45) is 0. The maximum Gasteiger partial charge on any atom is 0.261 e. The molecule has 2 aromatic rings. The van der Waals surface area contributed by atoms with Crippen LogP contribution in [0.1, 0.15) is 11.1 Å². The summed E-state index contributed by atoms with van der Waals surface area (Å²) in [6, 6.07) is 7.67. The number of anilines is 1. The van der Waals surface area contributed by atoms with Gasteiger partial charge in [0.05, 0.1) is 10.6 Å². The largest absolute Gasteiger partial charge is 0.309 e. The summed E-state index contributed by atoms with van der Waals surface area (Å²) in [7, 11) is -3.83. The van der Waals surface area contributed by atoms with Crippen molar-refractivity contribution in [2.24, 2.45) is 0 Å². The Labute approximate surface area is 120 Å². The fraction of sp³-hybridized carbons (Fsp3) is 0.143. The molecule has 0 aliphatic carbocycles. The third kappa shape index (κ3) is 2.74. The third-order valence-electron chi connectivity index (χ3n) is 3.29. The second-order valence-corrected chi connectivity index (χ2v) is 6.45. The number of fused-ring (bicyclic) bond motifs is 1. The molecule has 2 aromatic carbocycles. The van der Waals surface area contributed by atoms with Crippen molar-refractivity contribution in [1.82, 2.24) is 5.32 Å². The molecule has 0 atom stereocenters. The predicted molar refractivity (Wildman–Crippen MR) is 74.2 cm³/mol. The van der Waals surface area contributed by atoms with Crippen LogP contribution in [0.15, 0.2) is 41.3 Å². The molecule has 0 saturated carbocycles. The second kappa shape index (κ2) is 5.09. The highest BCUT2D eigenvalue weighted by atomic mass is 32.2. The van der Waals surface area contributed by atoms with Crippen molar-refractivity contribution < 1.29 is 17.2 Å². The summed E-state index contributed by atoms with van der Waals surface area (Å²) in [5, 5.41) is 3.12. The molecule has 110 valence electrons. The molecular formula is C14H12F2N2O2S. The van der Waals surface area contributed by atoms with Crippen LogP contribution in [0.5, 0.6) is 0 Å². The number of hydrogen-bond donors (Lipinski definition) is 2. The van der Waals surface area contributed by atoms with Crippen molar-refractivity contribution in [3.8, 4) is 0 Å². The van der Waals surface area contributed by atoms with E-state index in [2.05, 4.69) is 10.0 Å². The minimum Gasteiger partial charge on any atom is -0.309 e. The van der Waals surface area contributed by atoms with Crippen LogP contribution in [0, 0.1) is 11.6 Å². The lowest BCUT2D eigenvalue weighted by Crippen LogP contribution is -2.13. The Morgan fingerprint density at radius 2 is 1.71 bits per heavy atom. The fourth-order valence-corrected chi connectivity index (χ4v) is 3.31. The molecule has 4 nitrogen and oxygen atoms in total. The number of halogens is 2. The molecule has 2 N–H and O–H groups in total. The molecule has 3 rings (SSSR count). The minimum absolute atomic E-state index is 0.0208. The van der Waals surface area contributed by atoms with E-state index in [1.54, 1.807) is 12.1 Å². The van der Waals surface area contributed by atoms with E-state index in [1.165, 1.54) is 12.1 Å². The van der Waals surface area contributed by atoms with Gasteiger partial charge in [0, 0.05) is 19.2 Å². The van der Waals surface area contributed by atoms with E-state index in [0.29, 0.717) is 13.1 Å². The van der Waals surface area contributed by atoms with E-state index in [9.17, 15) is 17.2 Å².